The van der Waals surface area contributed by atoms with Gasteiger partial charge in [-0.1, -0.05) is 53.5 Å². The minimum Gasteiger partial charge on any atom is -0.508 e. The Bertz CT molecular complexity index is 1260. The first-order valence-corrected chi connectivity index (χ1v) is 14.3. The number of alkyl halides is 1. The first-order chi connectivity index (χ1) is 17.5. The van der Waals surface area contributed by atoms with Crippen LogP contribution in [0.4, 0.5) is 4.39 Å². The number of rotatable bonds is 7. The lowest BCUT2D eigenvalue weighted by molar-refractivity contribution is 0.301. The molecular weight excluding hydrogens is 512 g/mol. The van der Waals surface area contributed by atoms with Crippen molar-refractivity contribution in [1.82, 2.24) is 4.90 Å². The van der Waals surface area contributed by atoms with Crippen LogP contribution < -0.4 is 0 Å². The van der Waals surface area contributed by atoms with Gasteiger partial charge in [0.1, 0.15) is 5.75 Å². The summed E-state index contributed by atoms with van der Waals surface area (Å²) < 4.78 is 12.5. The maximum Gasteiger partial charge on any atom is 0.116 e. The number of phenols is 1. The van der Waals surface area contributed by atoms with Crippen molar-refractivity contribution in [2.24, 2.45) is 5.92 Å². The second kappa shape index (κ2) is 11.6. The normalized spacial score (nSPS) is 18.4. The maximum absolute atomic E-state index is 12.5. The fourth-order valence-corrected chi connectivity index (χ4v) is 7.01. The van der Waals surface area contributed by atoms with E-state index >= 15 is 0 Å². The van der Waals surface area contributed by atoms with Gasteiger partial charge in [-0.2, -0.15) is 0 Å². The highest BCUT2D eigenvalue weighted by Gasteiger charge is 2.24. The van der Waals surface area contributed by atoms with Gasteiger partial charge in [0.05, 0.1) is 6.67 Å². The number of allylic oxidation sites excluding steroid dienone is 1. The highest BCUT2D eigenvalue weighted by atomic mass is 35.5. The highest BCUT2D eigenvalue weighted by molar-refractivity contribution is 7.99. The Balaban J connectivity index is 1.49. The quantitative estimate of drug-likeness (QED) is 0.324. The van der Waals surface area contributed by atoms with E-state index in [1.807, 2.05) is 24.3 Å². The molecule has 3 aromatic rings. The number of aromatic hydroxyl groups is 1. The number of hydrogen-bond donors (Lipinski definition) is 1. The molecule has 0 saturated carbocycles. The summed E-state index contributed by atoms with van der Waals surface area (Å²) in [7, 11) is 0. The highest BCUT2D eigenvalue weighted by Crippen LogP contribution is 2.45. The third-order valence-electron chi connectivity index (χ3n) is 7.15. The van der Waals surface area contributed by atoms with Crippen LogP contribution in [0, 0.1) is 5.92 Å². The number of thioether (sulfide) groups is 1. The number of benzene rings is 3. The van der Waals surface area contributed by atoms with Crippen molar-refractivity contribution in [2.75, 3.05) is 32.1 Å². The van der Waals surface area contributed by atoms with Gasteiger partial charge in [-0.3, -0.25) is 4.39 Å². The zero-order valence-electron chi connectivity index (χ0n) is 20.2. The zero-order chi connectivity index (χ0) is 25.1. The van der Waals surface area contributed by atoms with Crippen molar-refractivity contribution in [3.05, 3.63) is 93.0 Å². The zero-order valence-corrected chi connectivity index (χ0v) is 22.5. The molecule has 0 spiro atoms. The molecule has 0 amide bonds. The average Bonchev–Trinajstić information content (AvgIpc) is 3.22. The summed E-state index contributed by atoms with van der Waals surface area (Å²) in [5.74, 6) is 1.80. The van der Waals surface area contributed by atoms with E-state index < -0.39 is 0 Å². The summed E-state index contributed by atoms with van der Waals surface area (Å²) in [4.78, 5) is 3.47. The smallest absolute Gasteiger partial charge is 0.116 e. The Labute approximate surface area is 227 Å². The molecule has 1 fully saturated rings. The number of phenolic OH excluding ortho intramolecular Hbond substituents is 1. The first-order valence-electron chi connectivity index (χ1n) is 12.5. The summed E-state index contributed by atoms with van der Waals surface area (Å²) in [6.07, 6.45) is 3.71. The van der Waals surface area contributed by atoms with Crippen molar-refractivity contribution >= 4 is 46.1 Å². The Hall–Kier alpha value is -1.98. The predicted octanol–water partition coefficient (Wildman–Crippen LogP) is 8.38. The summed E-state index contributed by atoms with van der Waals surface area (Å²) in [6, 6.07) is 20.3. The molecule has 2 aliphatic rings. The molecule has 0 radical (unpaired) electrons. The third kappa shape index (κ3) is 5.78. The van der Waals surface area contributed by atoms with Crippen LogP contribution in [-0.4, -0.2) is 42.1 Å². The number of likely N-dealkylation sites (tertiary alicyclic amines) is 1. The van der Waals surface area contributed by atoms with Crippen molar-refractivity contribution in [2.45, 2.75) is 30.6 Å². The monoisotopic (exact) mass is 541 g/mol. The first kappa shape index (κ1) is 25.7. The second-order valence-corrected chi connectivity index (χ2v) is 11.6. The van der Waals surface area contributed by atoms with E-state index in [-0.39, 0.29) is 12.4 Å². The fraction of sp³-hybridized carbons (Fsp3) is 0.333. The molecule has 0 aromatic heterocycles. The number of nitrogens with zero attached hydrogens (tertiary/aromatic N) is 1. The molecule has 2 aliphatic heterocycles. The fourth-order valence-electron chi connectivity index (χ4n) is 5.43. The van der Waals surface area contributed by atoms with E-state index in [1.165, 1.54) is 17.6 Å². The van der Waals surface area contributed by atoms with Gasteiger partial charge in [-0.25, -0.2) is 0 Å². The average molecular weight is 543 g/mol. The molecule has 36 heavy (non-hydrogen) atoms. The predicted molar refractivity (Wildman–Crippen MR) is 151 cm³/mol. The van der Waals surface area contributed by atoms with Crippen molar-refractivity contribution in [1.29, 1.82) is 0 Å². The van der Waals surface area contributed by atoms with Gasteiger partial charge >= 0.3 is 0 Å². The minimum absolute atomic E-state index is 0.233. The Morgan fingerprint density at radius 2 is 1.81 bits per heavy atom. The van der Waals surface area contributed by atoms with E-state index in [0.717, 1.165) is 65.4 Å². The van der Waals surface area contributed by atoms with Crippen LogP contribution in [0.25, 0.3) is 11.1 Å². The van der Waals surface area contributed by atoms with Crippen LogP contribution in [0.2, 0.25) is 10.0 Å². The topological polar surface area (TPSA) is 23.5 Å². The molecule has 6 heteroatoms. The van der Waals surface area contributed by atoms with Crippen LogP contribution >= 0.6 is 35.0 Å². The molecule has 2 nitrogen and oxygen atoms in total. The van der Waals surface area contributed by atoms with Crippen molar-refractivity contribution in [3.63, 3.8) is 0 Å². The van der Waals surface area contributed by atoms with Gasteiger partial charge < -0.3 is 10.0 Å². The van der Waals surface area contributed by atoms with E-state index in [4.69, 9.17) is 23.2 Å². The van der Waals surface area contributed by atoms with Crippen LogP contribution in [0.1, 0.15) is 41.5 Å². The summed E-state index contributed by atoms with van der Waals surface area (Å²) in [5.41, 5.74) is 6.94. The summed E-state index contributed by atoms with van der Waals surface area (Å²) >= 11 is 14.7. The van der Waals surface area contributed by atoms with Crippen LogP contribution in [0.15, 0.2) is 65.6 Å². The van der Waals surface area contributed by atoms with Gasteiger partial charge in [-0.15, -0.1) is 11.8 Å². The Kier molecular flexibility index (Phi) is 8.27. The minimum atomic E-state index is -0.233. The molecule has 2 heterocycles. The molecule has 1 saturated heterocycles. The lowest BCUT2D eigenvalue weighted by atomic mass is 9.87. The Morgan fingerprint density at radius 3 is 2.58 bits per heavy atom. The number of hydrogen-bond acceptors (Lipinski definition) is 3. The number of halogens is 3. The van der Waals surface area contributed by atoms with E-state index in [0.29, 0.717) is 22.4 Å². The van der Waals surface area contributed by atoms with E-state index in [9.17, 15) is 9.50 Å². The lowest BCUT2D eigenvalue weighted by Gasteiger charge is -2.18. The van der Waals surface area contributed by atoms with Gasteiger partial charge in [-0.05, 0) is 102 Å². The van der Waals surface area contributed by atoms with E-state index in [2.05, 4.69) is 29.2 Å². The Morgan fingerprint density at radius 1 is 1.00 bits per heavy atom. The number of fused-ring (bicyclic) bond motifs is 1. The molecule has 0 bridgehead atoms. The van der Waals surface area contributed by atoms with Crippen LogP contribution in [-0.2, 0) is 6.42 Å². The molecule has 1 unspecified atom stereocenters. The summed E-state index contributed by atoms with van der Waals surface area (Å²) in [5, 5.41) is 11.4. The maximum atomic E-state index is 12.5. The molecular formula is C30H30Cl2FNOS. The van der Waals surface area contributed by atoms with Crippen LogP contribution in [0.3, 0.4) is 0 Å². The van der Waals surface area contributed by atoms with E-state index in [1.54, 1.807) is 23.9 Å². The van der Waals surface area contributed by atoms with Gasteiger partial charge in [0.25, 0.3) is 0 Å². The van der Waals surface area contributed by atoms with Crippen LogP contribution in [0.5, 0.6) is 5.75 Å². The molecule has 1 N–H and O–H groups in total. The van der Waals surface area contributed by atoms with Crippen molar-refractivity contribution in [3.8, 4) is 5.75 Å². The molecule has 1 atom stereocenters. The lowest BCUT2D eigenvalue weighted by Crippen LogP contribution is -2.22. The standard InChI is InChI=1S/C30H30Cl2FNOS/c31-23-6-8-25(28(32)17-23)26-11-15-36-29-18-24(35)7-9-27(29)30(26)22-4-2-20(3-5-22)16-21-10-14-34(19-21)13-1-12-33/h2-9,17-18,21,35H,1,10-16,19H2. The van der Waals surface area contributed by atoms with Gasteiger partial charge in [0.15, 0.2) is 0 Å². The molecule has 3 aromatic carbocycles. The van der Waals surface area contributed by atoms with Gasteiger partial charge in [0.2, 0.25) is 0 Å². The molecule has 0 aliphatic carbocycles. The summed E-state index contributed by atoms with van der Waals surface area (Å²) in [6.45, 7) is 2.76. The molecule has 5 rings (SSSR count). The SMILES string of the molecule is Oc1ccc2c(c1)SCCC(c1ccc(Cl)cc1Cl)=C2c1ccc(CC2CCN(CCCF)C2)cc1. The third-order valence-corrected chi connectivity index (χ3v) is 8.75. The van der Waals surface area contributed by atoms with Crippen molar-refractivity contribution < 1.29 is 9.50 Å². The largest absolute Gasteiger partial charge is 0.508 e. The molecule has 188 valence electrons. The van der Waals surface area contributed by atoms with Gasteiger partial charge in [0, 0.05) is 33.8 Å². The second-order valence-electron chi connectivity index (χ2n) is 9.66.